The van der Waals surface area contributed by atoms with E-state index in [4.69, 9.17) is 0 Å². The number of carbonyl (C=O) groups is 1. The van der Waals surface area contributed by atoms with E-state index in [2.05, 4.69) is 50.5 Å². The molecule has 0 spiro atoms. The lowest BCUT2D eigenvalue weighted by atomic mass is 10.2. The average Bonchev–Trinajstić information content (AvgIpc) is 3.24. The number of piperazine rings is 1. The van der Waals surface area contributed by atoms with Crippen LogP contribution in [0.15, 0.2) is 73.1 Å². The third kappa shape index (κ3) is 5.23. The average molecular weight is 390 g/mol. The fraction of sp³-hybridized carbons (Fsp3) is 0.304. The van der Waals surface area contributed by atoms with Gasteiger partial charge in [-0.25, -0.2) is 4.68 Å². The van der Waals surface area contributed by atoms with Crippen LogP contribution in [0.4, 0.5) is 5.69 Å². The molecule has 2 heterocycles. The summed E-state index contributed by atoms with van der Waals surface area (Å²) in [6.45, 7) is 5.66. The first-order valence-corrected chi connectivity index (χ1v) is 10.2. The number of amides is 1. The minimum absolute atomic E-state index is 0.0422. The summed E-state index contributed by atoms with van der Waals surface area (Å²) in [4.78, 5) is 17.1. The Balaban J connectivity index is 1.17. The maximum atomic E-state index is 12.3. The smallest absolute Gasteiger partial charge is 0.224 e. The number of anilines is 1. The Hall–Kier alpha value is -3.12. The van der Waals surface area contributed by atoms with Crippen molar-refractivity contribution in [2.45, 2.75) is 6.42 Å². The van der Waals surface area contributed by atoms with Crippen LogP contribution >= 0.6 is 0 Å². The van der Waals surface area contributed by atoms with Gasteiger partial charge in [-0.3, -0.25) is 9.69 Å². The van der Waals surface area contributed by atoms with Crippen molar-refractivity contribution in [1.82, 2.24) is 20.0 Å². The Morgan fingerprint density at radius 3 is 2.24 bits per heavy atom. The van der Waals surface area contributed by atoms with Crippen LogP contribution in [0.3, 0.4) is 0 Å². The lowest BCUT2D eigenvalue weighted by Crippen LogP contribution is -2.48. The van der Waals surface area contributed by atoms with Crippen molar-refractivity contribution in [2.75, 3.05) is 44.2 Å². The summed E-state index contributed by atoms with van der Waals surface area (Å²) < 4.78 is 1.80. The Kier molecular flexibility index (Phi) is 6.22. The molecule has 0 atom stereocenters. The van der Waals surface area contributed by atoms with Gasteiger partial charge in [0.05, 0.1) is 18.3 Å². The van der Waals surface area contributed by atoms with Crippen LogP contribution in [0.1, 0.15) is 5.56 Å². The summed E-state index contributed by atoms with van der Waals surface area (Å²) in [7, 11) is 0. The second kappa shape index (κ2) is 9.39. The van der Waals surface area contributed by atoms with E-state index in [1.807, 2.05) is 36.5 Å². The van der Waals surface area contributed by atoms with Gasteiger partial charge in [-0.05, 0) is 29.8 Å². The summed E-state index contributed by atoms with van der Waals surface area (Å²) in [5, 5.41) is 7.39. The summed E-state index contributed by atoms with van der Waals surface area (Å²) in [5.41, 5.74) is 3.20. The van der Waals surface area contributed by atoms with Crippen LogP contribution in [0.5, 0.6) is 0 Å². The maximum Gasteiger partial charge on any atom is 0.224 e. The highest BCUT2D eigenvalue weighted by atomic mass is 16.1. The lowest BCUT2D eigenvalue weighted by molar-refractivity contribution is -0.120. The monoisotopic (exact) mass is 389 g/mol. The molecule has 2 aromatic carbocycles. The summed E-state index contributed by atoms with van der Waals surface area (Å²) in [6, 6.07) is 20.5. The van der Waals surface area contributed by atoms with E-state index in [1.54, 1.807) is 10.9 Å². The van der Waals surface area contributed by atoms with Crippen LogP contribution in [-0.2, 0) is 11.2 Å². The van der Waals surface area contributed by atoms with Gasteiger partial charge in [0.25, 0.3) is 0 Å². The van der Waals surface area contributed by atoms with Gasteiger partial charge in [0.2, 0.25) is 5.91 Å². The molecule has 1 amide bonds. The predicted octanol–water partition coefficient (Wildman–Crippen LogP) is 2.35. The minimum atomic E-state index is 0.0422. The molecule has 6 nitrogen and oxygen atoms in total. The summed E-state index contributed by atoms with van der Waals surface area (Å²) in [5.74, 6) is 0.0422. The predicted molar refractivity (Wildman–Crippen MR) is 115 cm³/mol. The first-order chi connectivity index (χ1) is 14.3. The Bertz CT molecular complexity index is 901. The van der Waals surface area contributed by atoms with Crippen molar-refractivity contribution in [3.8, 4) is 5.69 Å². The molecular weight excluding hydrogens is 362 g/mol. The number of nitrogens with zero attached hydrogens (tertiary/aromatic N) is 4. The van der Waals surface area contributed by atoms with E-state index < -0.39 is 0 Å². The number of hydrogen-bond donors (Lipinski definition) is 1. The van der Waals surface area contributed by atoms with Crippen molar-refractivity contribution in [3.05, 3.63) is 78.6 Å². The van der Waals surface area contributed by atoms with Gasteiger partial charge in [-0.15, -0.1) is 0 Å². The Morgan fingerprint density at radius 2 is 1.55 bits per heavy atom. The topological polar surface area (TPSA) is 53.4 Å². The number of benzene rings is 2. The Morgan fingerprint density at radius 1 is 0.897 bits per heavy atom. The second-order valence-corrected chi connectivity index (χ2v) is 7.32. The first-order valence-electron chi connectivity index (χ1n) is 10.2. The highest BCUT2D eigenvalue weighted by Crippen LogP contribution is 2.15. The van der Waals surface area contributed by atoms with Crippen molar-refractivity contribution >= 4 is 11.6 Å². The van der Waals surface area contributed by atoms with Gasteiger partial charge in [-0.2, -0.15) is 5.10 Å². The van der Waals surface area contributed by atoms with Gasteiger partial charge in [0, 0.05) is 51.2 Å². The number of para-hydroxylation sites is 2. The van der Waals surface area contributed by atoms with E-state index in [9.17, 15) is 4.79 Å². The molecular formula is C23H27N5O. The SMILES string of the molecule is O=C(Cc1cnn(-c2ccccc2)c1)NCCN1CCN(c2ccccc2)CC1. The quantitative estimate of drug-likeness (QED) is 0.674. The molecule has 1 N–H and O–H groups in total. The molecule has 150 valence electrons. The zero-order valence-corrected chi connectivity index (χ0v) is 16.6. The second-order valence-electron chi connectivity index (χ2n) is 7.32. The molecule has 3 aromatic rings. The van der Waals surface area contributed by atoms with Crippen molar-refractivity contribution < 1.29 is 4.79 Å². The number of nitrogens with one attached hydrogen (secondary N) is 1. The largest absolute Gasteiger partial charge is 0.369 e. The fourth-order valence-corrected chi connectivity index (χ4v) is 3.64. The van der Waals surface area contributed by atoms with E-state index in [1.165, 1.54) is 5.69 Å². The minimum Gasteiger partial charge on any atom is -0.369 e. The summed E-state index contributed by atoms with van der Waals surface area (Å²) >= 11 is 0. The number of carbonyl (C=O) groups excluding carboxylic acids is 1. The number of hydrogen-bond acceptors (Lipinski definition) is 4. The lowest BCUT2D eigenvalue weighted by Gasteiger charge is -2.36. The van der Waals surface area contributed by atoms with Gasteiger partial charge in [-0.1, -0.05) is 36.4 Å². The molecule has 0 unspecified atom stereocenters. The Labute approximate surface area is 171 Å². The van der Waals surface area contributed by atoms with E-state index >= 15 is 0 Å². The van der Waals surface area contributed by atoms with Crippen LogP contribution < -0.4 is 10.2 Å². The van der Waals surface area contributed by atoms with E-state index in [0.717, 1.165) is 44.0 Å². The van der Waals surface area contributed by atoms with Gasteiger partial charge >= 0.3 is 0 Å². The highest BCUT2D eigenvalue weighted by Gasteiger charge is 2.16. The fourth-order valence-electron chi connectivity index (χ4n) is 3.64. The van der Waals surface area contributed by atoms with Crippen molar-refractivity contribution in [1.29, 1.82) is 0 Å². The van der Waals surface area contributed by atoms with E-state index in [-0.39, 0.29) is 5.91 Å². The zero-order chi connectivity index (χ0) is 19.9. The maximum absolute atomic E-state index is 12.3. The number of aromatic nitrogens is 2. The van der Waals surface area contributed by atoms with Crippen LogP contribution in [0.2, 0.25) is 0 Å². The van der Waals surface area contributed by atoms with Gasteiger partial charge in [0.15, 0.2) is 0 Å². The first kappa shape index (κ1) is 19.2. The molecule has 1 aliphatic rings. The molecule has 1 aromatic heterocycles. The summed E-state index contributed by atoms with van der Waals surface area (Å²) in [6.07, 6.45) is 4.03. The molecule has 4 rings (SSSR count). The van der Waals surface area contributed by atoms with Crippen LogP contribution in [0, 0.1) is 0 Å². The van der Waals surface area contributed by atoms with Crippen LogP contribution in [0.25, 0.3) is 5.69 Å². The number of rotatable bonds is 7. The molecule has 6 heteroatoms. The third-order valence-corrected chi connectivity index (χ3v) is 5.27. The van der Waals surface area contributed by atoms with E-state index in [0.29, 0.717) is 13.0 Å². The molecule has 0 saturated carbocycles. The normalized spacial score (nSPS) is 14.7. The third-order valence-electron chi connectivity index (χ3n) is 5.27. The zero-order valence-electron chi connectivity index (χ0n) is 16.6. The molecule has 0 radical (unpaired) electrons. The van der Waals surface area contributed by atoms with Crippen molar-refractivity contribution in [3.63, 3.8) is 0 Å². The molecule has 0 aliphatic carbocycles. The van der Waals surface area contributed by atoms with Crippen LogP contribution in [-0.4, -0.2) is 59.9 Å². The van der Waals surface area contributed by atoms with Crippen molar-refractivity contribution in [2.24, 2.45) is 0 Å². The molecule has 29 heavy (non-hydrogen) atoms. The molecule has 1 aliphatic heterocycles. The van der Waals surface area contributed by atoms with Gasteiger partial charge in [0.1, 0.15) is 0 Å². The highest BCUT2D eigenvalue weighted by molar-refractivity contribution is 5.78. The molecule has 1 fully saturated rings. The molecule has 1 saturated heterocycles. The molecule has 0 bridgehead atoms. The van der Waals surface area contributed by atoms with Gasteiger partial charge < -0.3 is 10.2 Å². The standard InChI is InChI=1S/C23H27N5O/c29-23(17-20-18-25-28(19-20)22-9-5-2-6-10-22)24-11-12-26-13-15-27(16-14-26)21-7-3-1-4-8-21/h1-10,18-19H,11-17H2,(H,24,29).